The van der Waals surface area contributed by atoms with Gasteiger partial charge in [-0.05, 0) is 67.3 Å². The minimum atomic E-state index is 0.181. The number of aryl methyl sites for hydroxylation is 1. The number of nitrogens with two attached hydrogens (primary N) is 1. The van der Waals surface area contributed by atoms with E-state index in [1.165, 1.54) is 16.7 Å². The normalized spacial score (nSPS) is 19.8. The number of nitrogens with one attached hydrogen (secondary N) is 1. The molecule has 2 aromatic carbocycles. The first-order chi connectivity index (χ1) is 11.7. The van der Waals surface area contributed by atoms with Crippen LogP contribution in [0.4, 0.5) is 0 Å². The maximum absolute atomic E-state index is 6.47. The average molecular weight is 345 g/mol. The van der Waals surface area contributed by atoms with Crippen LogP contribution >= 0.6 is 11.6 Å². The summed E-state index contributed by atoms with van der Waals surface area (Å²) in [7, 11) is 1.93. The molecule has 128 valence electrons. The highest BCUT2D eigenvalue weighted by atomic mass is 35.5. The van der Waals surface area contributed by atoms with Gasteiger partial charge in [0.15, 0.2) is 0 Å². The molecule has 3 nitrogen and oxygen atoms in total. The van der Waals surface area contributed by atoms with Gasteiger partial charge in [-0.25, -0.2) is 0 Å². The van der Waals surface area contributed by atoms with E-state index in [4.69, 9.17) is 22.1 Å². The lowest BCUT2D eigenvalue weighted by Gasteiger charge is -2.32. The smallest absolute Gasteiger partial charge is 0.119 e. The Kier molecular flexibility index (Phi) is 5.77. The highest BCUT2D eigenvalue weighted by molar-refractivity contribution is 6.30. The maximum atomic E-state index is 6.47. The molecule has 1 aliphatic rings. The van der Waals surface area contributed by atoms with E-state index in [-0.39, 0.29) is 6.04 Å². The van der Waals surface area contributed by atoms with Crippen LogP contribution in [0.3, 0.4) is 0 Å². The summed E-state index contributed by atoms with van der Waals surface area (Å²) < 4.78 is 5.84. The van der Waals surface area contributed by atoms with Crippen LogP contribution < -0.4 is 15.8 Å². The number of fused-ring (bicyclic) bond motifs is 1. The highest BCUT2D eigenvalue weighted by Crippen LogP contribution is 2.36. The summed E-state index contributed by atoms with van der Waals surface area (Å²) in [6.07, 6.45) is 3.01. The summed E-state index contributed by atoms with van der Waals surface area (Å²) >= 11 is 6.00. The van der Waals surface area contributed by atoms with Crippen molar-refractivity contribution in [3.63, 3.8) is 0 Å². The quantitative estimate of drug-likeness (QED) is 0.788. The predicted octanol–water partition coefficient (Wildman–Crippen LogP) is 3.54. The van der Waals surface area contributed by atoms with Gasteiger partial charge in [-0.2, -0.15) is 0 Å². The molecule has 3 N–H and O–H groups in total. The fourth-order valence-corrected chi connectivity index (χ4v) is 3.52. The lowest BCUT2D eigenvalue weighted by Crippen LogP contribution is -2.34. The average Bonchev–Trinajstić information content (AvgIpc) is 2.59. The molecule has 0 fully saturated rings. The number of rotatable bonds is 6. The lowest BCUT2D eigenvalue weighted by molar-refractivity contribution is 0.317. The summed E-state index contributed by atoms with van der Waals surface area (Å²) in [4.78, 5) is 0. The molecule has 2 atom stereocenters. The zero-order valence-electron chi connectivity index (χ0n) is 14.1. The van der Waals surface area contributed by atoms with Crippen LogP contribution in [-0.4, -0.2) is 26.2 Å². The van der Waals surface area contributed by atoms with Crippen molar-refractivity contribution in [2.45, 2.75) is 31.2 Å². The van der Waals surface area contributed by atoms with Crippen molar-refractivity contribution in [1.82, 2.24) is 5.32 Å². The summed E-state index contributed by atoms with van der Waals surface area (Å²) in [5, 5.41) is 3.87. The van der Waals surface area contributed by atoms with Crippen molar-refractivity contribution in [3.05, 3.63) is 64.2 Å². The van der Waals surface area contributed by atoms with Gasteiger partial charge in [-0.15, -0.1) is 0 Å². The van der Waals surface area contributed by atoms with Gasteiger partial charge in [0.25, 0.3) is 0 Å². The first-order valence-electron chi connectivity index (χ1n) is 8.57. The second kappa shape index (κ2) is 8.02. The van der Waals surface area contributed by atoms with Crippen LogP contribution in [0.25, 0.3) is 0 Å². The van der Waals surface area contributed by atoms with Crippen LogP contribution in [0, 0.1) is 0 Å². The third-order valence-corrected chi connectivity index (χ3v) is 5.02. The van der Waals surface area contributed by atoms with Crippen LogP contribution in [0.1, 0.15) is 29.0 Å². The minimum Gasteiger partial charge on any atom is -0.492 e. The Labute approximate surface area is 149 Å². The molecule has 0 bridgehead atoms. The van der Waals surface area contributed by atoms with Crippen molar-refractivity contribution in [3.8, 4) is 5.75 Å². The molecule has 1 aliphatic carbocycles. The van der Waals surface area contributed by atoms with Crippen molar-refractivity contribution >= 4 is 11.6 Å². The van der Waals surface area contributed by atoms with E-state index >= 15 is 0 Å². The van der Waals surface area contributed by atoms with E-state index in [1.54, 1.807) is 0 Å². The van der Waals surface area contributed by atoms with Gasteiger partial charge >= 0.3 is 0 Å². The van der Waals surface area contributed by atoms with Gasteiger partial charge in [0, 0.05) is 23.5 Å². The summed E-state index contributed by atoms with van der Waals surface area (Å²) in [6.45, 7) is 1.51. The molecule has 2 unspecified atom stereocenters. The Morgan fingerprint density at radius 1 is 1.21 bits per heavy atom. The van der Waals surface area contributed by atoms with E-state index in [0.717, 1.165) is 36.6 Å². The molecule has 0 spiro atoms. The maximum Gasteiger partial charge on any atom is 0.119 e. The van der Waals surface area contributed by atoms with Crippen LogP contribution in [0.2, 0.25) is 5.02 Å². The van der Waals surface area contributed by atoms with E-state index in [0.29, 0.717) is 12.5 Å². The molecule has 24 heavy (non-hydrogen) atoms. The van der Waals surface area contributed by atoms with Crippen molar-refractivity contribution in [2.24, 2.45) is 5.73 Å². The second-order valence-electron chi connectivity index (χ2n) is 6.45. The van der Waals surface area contributed by atoms with Gasteiger partial charge < -0.3 is 15.8 Å². The van der Waals surface area contributed by atoms with Crippen LogP contribution in [0.15, 0.2) is 42.5 Å². The number of ether oxygens (including phenoxy) is 1. The lowest BCUT2D eigenvalue weighted by atomic mass is 9.76. The zero-order valence-corrected chi connectivity index (χ0v) is 14.9. The minimum absolute atomic E-state index is 0.181. The fraction of sp³-hybridized carbons (Fsp3) is 0.400. The van der Waals surface area contributed by atoms with Crippen molar-refractivity contribution < 1.29 is 4.74 Å². The molecule has 4 heteroatoms. The first kappa shape index (κ1) is 17.3. The summed E-state index contributed by atoms with van der Waals surface area (Å²) in [5.41, 5.74) is 10.5. The molecule has 0 aliphatic heterocycles. The predicted molar refractivity (Wildman–Crippen MR) is 100 cm³/mol. The second-order valence-corrected chi connectivity index (χ2v) is 6.89. The first-order valence-corrected chi connectivity index (χ1v) is 8.95. The molecule has 2 aromatic rings. The number of hydrogen-bond donors (Lipinski definition) is 2. The molecule has 0 aromatic heterocycles. The molecule has 0 amide bonds. The molecule has 0 saturated carbocycles. The van der Waals surface area contributed by atoms with E-state index < -0.39 is 0 Å². The highest BCUT2D eigenvalue weighted by Gasteiger charge is 2.27. The molecular formula is C20H25ClN2O. The molecule has 0 radical (unpaired) electrons. The number of likely N-dealkylation sites (N-methyl/N-ethyl adjacent to an activating group) is 1. The van der Waals surface area contributed by atoms with E-state index in [2.05, 4.69) is 35.6 Å². The van der Waals surface area contributed by atoms with Crippen molar-refractivity contribution in [2.75, 3.05) is 20.2 Å². The fourth-order valence-electron chi connectivity index (χ4n) is 3.40. The monoisotopic (exact) mass is 344 g/mol. The van der Waals surface area contributed by atoms with Gasteiger partial charge in [0.05, 0.1) is 0 Å². The van der Waals surface area contributed by atoms with E-state index in [9.17, 15) is 0 Å². The van der Waals surface area contributed by atoms with Crippen molar-refractivity contribution in [1.29, 1.82) is 0 Å². The number of halogens is 1. The summed E-state index contributed by atoms with van der Waals surface area (Å²) in [5.74, 6) is 1.25. The molecular weight excluding hydrogens is 320 g/mol. The Balaban J connectivity index is 1.82. The molecule has 0 heterocycles. The molecule has 3 rings (SSSR count). The third-order valence-electron chi connectivity index (χ3n) is 4.77. The number of hydrogen-bond acceptors (Lipinski definition) is 3. The largest absolute Gasteiger partial charge is 0.492 e. The Hall–Kier alpha value is -1.55. The van der Waals surface area contributed by atoms with Crippen LogP contribution in [0.5, 0.6) is 5.75 Å². The topological polar surface area (TPSA) is 47.3 Å². The number of benzene rings is 2. The van der Waals surface area contributed by atoms with Crippen LogP contribution in [-0.2, 0) is 12.8 Å². The summed E-state index contributed by atoms with van der Waals surface area (Å²) in [6, 6.07) is 14.7. The van der Waals surface area contributed by atoms with E-state index in [1.807, 2.05) is 19.2 Å². The van der Waals surface area contributed by atoms with Gasteiger partial charge in [0.2, 0.25) is 0 Å². The zero-order chi connectivity index (χ0) is 16.9. The Bertz CT molecular complexity index is 672. The standard InChI is InChI=1S/C20H25ClN2O/c1-23-10-11-24-17-8-4-15-5-9-20(22)19(18(15)13-17)12-14-2-6-16(21)7-3-14/h2-4,6-8,13,19-20,23H,5,9-12,22H2,1H3. The van der Waals surface area contributed by atoms with Gasteiger partial charge in [-0.3, -0.25) is 0 Å². The van der Waals surface area contributed by atoms with Gasteiger partial charge in [0.1, 0.15) is 12.4 Å². The Morgan fingerprint density at radius 2 is 2.00 bits per heavy atom. The SMILES string of the molecule is CNCCOc1ccc2c(c1)C(Cc1ccc(Cl)cc1)C(N)CC2. The Morgan fingerprint density at radius 3 is 2.75 bits per heavy atom. The third kappa shape index (κ3) is 4.10. The molecule has 0 saturated heterocycles. The van der Waals surface area contributed by atoms with Gasteiger partial charge in [-0.1, -0.05) is 29.8 Å².